The molecule has 1 heterocycles. The van der Waals surface area contributed by atoms with Gasteiger partial charge in [0.2, 0.25) is 21.8 Å². The number of anilines is 2. The third kappa shape index (κ3) is 7.36. The summed E-state index contributed by atoms with van der Waals surface area (Å²) in [6.07, 6.45) is 4.11. The second-order valence-electron chi connectivity index (χ2n) is 6.50. The van der Waals surface area contributed by atoms with E-state index in [0.29, 0.717) is 16.5 Å². The monoisotopic (exact) mass is 456 g/mol. The lowest BCUT2D eigenvalue weighted by Gasteiger charge is -2.04. The zero-order chi connectivity index (χ0) is 22.3. The average molecular weight is 457 g/mol. The van der Waals surface area contributed by atoms with Crippen molar-refractivity contribution in [1.29, 1.82) is 0 Å². The van der Waals surface area contributed by atoms with Crippen molar-refractivity contribution >= 4 is 50.1 Å². The van der Waals surface area contributed by atoms with Crippen LogP contribution in [0.1, 0.15) is 5.56 Å². The number of amides is 2. The highest BCUT2D eigenvalue weighted by Gasteiger charge is 2.09. The second-order valence-corrected chi connectivity index (χ2v) is 9.11. The van der Waals surface area contributed by atoms with E-state index in [2.05, 4.69) is 20.3 Å². The number of aromatic nitrogens is 1. The molecule has 8 nitrogen and oxygen atoms in total. The SMILES string of the molecule is CS(=O)(=O)Nc1ccc(-c2csc(NC(=O)CNC(=O)/C=C/c3ccccc3)n2)cc1. The highest BCUT2D eigenvalue weighted by Crippen LogP contribution is 2.26. The van der Waals surface area contributed by atoms with Crippen molar-refractivity contribution in [2.75, 3.05) is 22.8 Å². The molecule has 1 aromatic heterocycles. The third-order valence-corrected chi connectivity index (χ3v) is 5.25. The topological polar surface area (TPSA) is 117 Å². The summed E-state index contributed by atoms with van der Waals surface area (Å²) in [5.41, 5.74) is 2.75. The van der Waals surface area contributed by atoms with Crippen molar-refractivity contribution in [2.45, 2.75) is 0 Å². The van der Waals surface area contributed by atoms with E-state index in [9.17, 15) is 18.0 Å². The molecule has 3 rings (SSSR count). The van der Waals surface area contributed by atoms with Crippen molar-refractivity contribution in [3.8, 4) is 11.3 Å². The van der Waals surface area contributed by atoms with Crippen LogP contribution in [0.15, 0.2) is 66.1 Å². The van der Waals surface area contributed by atoms with Gasteiger partial charge in [-0.2, -0.15) is 0 Å². The Morgan fingerprint density at radius 2 is 1.77 bits per heavy atom. The fraction of sp³-hybridized carbons (Fsp3) is 0.0952. The van der Waals surface area contributed by atoms with Gasteiger partial charge in [-0.1, -0.05) is 42.5 Å². The fourth-order valence-electron chi connectivity index (χ4n) is 2.51. The van der Waals surface area contributed by atoms with Crippen molar-refractivity contribution < 1.29 is 18.0 Å². The van der Waals surface area contributed by atoms with Crippen molar-refractivity contribution in [3.63, 3.8) is 0 Å². The Labute approximate surface area is 184 Å². The van der Waals surface area contributed by atoms with E-state index < -0.39 is 15.9 Å². The van der Waals surface area contributed by atoms with E-state index in [-0.39, 0.29) is 12.5 Å². The van der Waals surface area contributed by atoms with E-state index in [1.807, 2.05) is 30.3 Å². The molecule has 0 spiro atoms. The Balaban J connectivity index is 1.50. The molecule has 0 atom stereocenters. The summed E-state index contributed by atoms with van der Waals surface area (Å²) in [5.74, 6) is -0.767. The molecule has 2 amide bonds. The summed E-state index contributed by atoms with van der Waals surface area (Å²) < 4.78 is 24.9. The van der Waals surface area contributed by atoms with E-state index >= 15 is 0 Å². The zero-order valence-electron chi connectivity index (χ0n) is 16.5. The van der Waals surface area contributed by atoms with Crippen LogP contribution < -0.4 is 15.4 Å². The first kappa shape index (κ1) is 22.2. The molecule has 0 fully saturated rings. The average Bonchev–Trinajstić information content (AvgIpc) is 3.19. The maximum atomic E-state index is 12.1. The smallest absolute Gasteiger partial charge is 0.245 e. The van der Waals surface area contributed by atoms with Gasteiger partial charge in [0, 0.05) is 22.7 Å². The summed E-state index contributed by atoms with van der Waals surface area (Å²) in [6, 6.07) is 16.1. The van der Waals surface area contributed by atoms with Gasteiger partial charge >= 0.3 is 0 Å². The maximum absolute atomic E-state index is 12.1. The molecule has 3 aromatic rings. The number of nitrogens with one attached hydrogen (secondary N) is 3. The highest BCUT2D eigenvalue weighted by atomic mass is 32.2. The molecule has 0 unspecified atom stereocenters. The molecule has 2 aromatic carbocycles. The number of hydrogen-bond donors (Lipinski definition) is 3. The van der Waals surface area contributed by atoms with Crippen molar-refractivity contribution in [1.82, 2.24) is 10.3 Å². The number of rotatable bonds is 8. The summed E-state index contributed by atoms with van der Waals surface area (Å²) in [5, 5.41) is 7.33. The van der Waals surface area contributed by atoms with E-state index in [1.165, 1.54) is 17.4 Å². The van der Waals surface area contributed by atoms with Crippen LogP contribution >= 0.6 is 11.3 Å². The molecule has 0 saturated carbocycles. The van der Waals surface area contributed by atoms with E-state index in [1.54, 1.807) is 35.7 Å². The number of benzene rings is 2. The minimum atomic E-state index is -3.34. The number of carbonyl (C=O) groups is 2. The lowest BCUT2D eigenvalue weighted by molar-refractivity contribution is -0.121. The Morgan fingerprint density at radius 1 is 1.06 bits per heavy atom. The number of carbonyl (C=O) groups excluding carboxylic acids is 2. The maximum Gasteiger partial charge on any atom is 0.245 e. The number of hydrogen-bond acceptors (Lipinski definition) is 6. The van der Waals surface area contributed by atoms with Gasteiger partial charge in [0.1, 0.15) is 0 Å². The number of thiazole rings is 1. The van der Waals surface area contributed by atoms with Crippen LogP contribution in [0.25, 0.3) is 17.3 Å². The minimum absolute atomic E-state index is 0.182. The van der Waals surface area contributed by atoms with E-state index in [0.717, 1.165) is 17.4 Å². The first-order valence-electron chi connectivity index (χ1n) is 9.13. The Bertz CT molecular complexity index is 1190. The van der Waals surface area contributed by atoms with Crippen LogP contribution in [0.5, 0.6) is 0 Å². The van der Waals surface area contributed by atoms with Gasteiger partial charge in [0.25, 0.3) is 0 Å². The lowest BCUT2D eigenvalue weighted by atomic mass is 10.1. The molecule has 160 valence electrons. The van der Waals surface area contributed by atoms with Gasteiger partial charge < -0.3 is 10.6 Å². The van der Waals surface area contributed by atoms with Crippen molar-refractivity contribution in [2.24, 2.45) is 0 Å². The van der Waals surface area contributed by atoms with Gasteiger partial charge in [-0.15, -0.1) is 11.3 Å². The lowest BCUT2D eigenvalue weighted by Crippen LogP contribution is -2.31. The number of sulfonamides is 1. The van der Waals surface area contributed by atoms with Crippen LogP contribution in [-0.2, 0) is 19.6 Å². The van der Waals surface area contributed by atoms with Gasteiger partial charge in [-0.05, 0) is 23.8 Å². The predicted molar refractivity (Wildman–Crippen MR) is 123 cm³/mol. The third-order valence-electron chi connectivity index (χ3n) is 3.88. The Hall–Kier alpha value is -3.50. The summed E-state index contributed by atoms with van der Waals surface area (Å²) in [6.45, 7) is -0.182. The second kappa shape index (κ2) is 10.0. The Morgan fingerprint density at radius 3 is 2.45 bits per heavy atom. The minimum Gasteiger partial charge on any atom is -0.343 e. The largest absolute Gasteiger partial charge is 0.343 e. The molecule has 0 saturated heterocycles. The molecule has 3 N–H and O–H groups in total. The first-order chi connectivity index (χ1) is 14.8. The predicted octanol–water partition coefficient (Wildman–Crippen LogP) is 2.95. The molecule has 0 radical (unpaired) electrons. The fourth-order valence-corrected chi connectivity index (χ4v) is 3.81. The van der Waals surface area contributed by atoms with Gasteiger partial charge in [-0.3, -0.25) is 14.3 Å². The van der Waals surface area contributed by atoms with Crippen molar-refractivity contribution in [3.05, 3.63) is 71.6 Å². The molecule has 0 aliphatic rings. The standard InChI is InChI=1S/C21H20N4O4S2/c1-31(28,29)25-17-10-8-16(9-11-17)18-14-30-21(23-18)24-20(27)13-22-19(26)12-7-15-5-3-2-4-6-15/h2-12,14,25H,13H2,1H3,(H,22,26)(H,23,24,27)/b12-7+. The van der Waals surface area contributed by atoms with Crippen LogP contribution in [0, 0.1) is 0 Å². The quantitative estimate of drug-likeness (QED) is 0.451. The van der Waals surface area contributed by atoms with Crippen LogP contribution in [0.2, 0.25) is 0 Å². The molecular weight excluding hydrogens is 436 g/mol. The summed E-state index contributed by atoms with van der Waals surface area (Å²) in [7, 11) is -3.34. The summed E-state index contributed by atoms with van der Waals surface area (Å²) in [4.78, 5) is 28.3. The molecule has 0 bridgehead atoms. The van der Waals surface area contributed by atoms with Gasteiger partial charge in [0.05, 0.1) is 18.5 Å². The normalized spacial score (nSPS) is 11.3. The number of nitrogens with zero attached hydrogens (tertiary/aromatic N) is 1. The van der Waals surface area contributed by atoms with Crippen LogP contribution in [0.4, 0.5) is 10.8 Å². The first-order valence-corrected chi connectivity index (χ1v) is 11.9. The molecular formula is C21H20N4O4S2. The molecule has 0 aliphatic heterocycles. The molecule has 10 heteroatoms. The van der Waals surface area contributed by atoms with Crippen LogP contribution in [0.3, 0.4) is 0 Å². The van der Waals surface area contributed by atoms with E-state index in [4.69, 9.17) is 0 Å². The Kier molecular flexibility index (Phi) is 7.16. The van der Waals surface area contributed by atoms with Gasteiger partial charge in [-0.25, -0.2) is 13.4 Å². The highest BCUT2D eigenvalue weighted by molar-refractivity contribution is 7.92. The molecule has 31 heavy (non-hydrogen) atoms. The molecule has 0 aliphatic carbocycles. The zero-order valence-corrected chi connectivity index (χ0v) is 18.2. The van der Waals surface area contributed by atoms with Gasteiger partial charge in [0.15, 0.2) is 5.13 Å². The van der Waals surface area contributed by atoms with Crippen LogP contribution in [-0.4, -0.2) is 38.0 Å². The summed E-state index contributed by atoms with van der Waals surface area (Å²) >= 11 is 1.25.